The zero-order chi connectivity index (χ0) is 42.1. The van der Waals surface area contributed by atoms with Crippen molar-refractivity contribution in [3.05, 3.63) is 60.8 Å². The maximum Gasteiger partial charge on any atom is 0.472 e. The zero-order valence-electron chi connectivity index (χ0n) is 35.4. The van der Waals surface area contributed by atoms with E-state index in [9.17, 15) is 23.8 Å². The summed E-state index contributed by atoms with van der Waals surface area (Å²) in [5, 5.41) is 8.89. The average molecular weight is 824 g/mol. The molecule has 0 fully saturated rings. The Balaban J connectivity index is 4.45. The molecule has 57 heavy (non-hydrogen) atoms. The largest absolute Gasteiger partial charge is 0.480 e. The predicted octanol–water partition coefficient (Wildman–Crippen LogP) is 11.6. The molecule has 0 saturated heterocycles. The van der Waals surface area contributed by atoms with Crippen LogP contribution in [0.2, 0.25) is 0 Å². The Labute approximate surface area is 345 Å². The van der Waals surface area contributed by atoms with Gasteiger partial charge in [-0.2, -0.15) is 0 Å². The van der Waals surface area contributed by atoms with Crippen molar-refractivity contribution in [3.8, 4) is 0 Å². The van der Waals surface area contributed by atoms with Gasteiger partial charge in [0, 0.05) is 12.8 Å². The number of aliphatic carboxylic acids is 1. The SMILES string of the molecule is CC/C=C\C/C=C\C/C=C\C/C=C\C/C=C\CCCC(=O)O[C@H](COC(=O)CCCCCCCCCCCCCCCCCC)COP(=O)(O)OC[C@H](N)C(=O)O. The molecule has 328 valence electrons. The molecular formula is C45H78NO10P. The van der Waals surface area contributed by atoms with Crippen molar-refractivity contribution in [1.82, 2.24) is 0 Å². The average Bonchev–Trinajstić information content (AvgIpc) is 3.19. The number of allylic oxidation sites excluding steroid dienone is 10. The summed E-state index contributed by atoms with van der Waals surface area (Å²) in [7, 11) is -4.73. The van der Waals surface area contributed by atoms with Gasteiger partial charge in [-0.15, -0.1) is 0 Å². The van der Waals surface area contributed by atoms with Crippen molar-refractivity contribution in [2.75, 3.05) is 19.8 Å². The second-order valence-electron chi connectivity index (χ2n) is 14.5. The minimum atomic E-state index is -4.73. The highest BCUT2D eigenvalue weighted by molar-refractivity contribution is 7.47. The number of hydrogen-bond acceptors (Lipinski definition) is 9. The molecule has 0 aromatic carbocycles. The molecule has 12 heteroatoms. The third-order valence-corrected chi connectivity index (χ3v) is 9.98. The lowest BCUT2D eigenvalue weighted by atomic mass is 10.0. The van der Waals surface area contributed by atoms with Gasteiger partial charge in [-0.3, -0.25) is 23.4 Å². The minimum Gasteiger partial charge on any atom is -0.480 e. The molecular weight excluding hydrogens is 745 g/mol. The Morgan fingerprint density at radius 2 is 0.982 bits per heavy atom. The summed E-state index contributed by atoms with van der Waals surface area (Å²) in [6.45, 7) is 2.63. The molecule has 0 saturated carbocycles. The highest BCUT2D eigenvalue weighted by Gasteiger charge is 2.28. The smallest absolute Gasteiger partial charge is 0.472 e. The van der Waals surface area contributed by atoms with Gasteiger partial charge >= 0.3 is 25.7 Å². The monoisotopic (exact) mass is 824 g/mol. The second-order valence-corrected chi connectivity index (χ2v) is 15.9. The van der Waals surface area contributed by atoms with Gasteiger partial charge in [-0.25, -0.2) is 4.57 Å². The van der Waals surface area contributed by atoms with Crippen molar-refractivity contribution in [2.45, 2.75) is 187 Å². The third kappa shape index (κ3) is 39.8. The fourth-order valence-electron chi connectivity index (χ4n) is 5.63. The van der Waals surface area contributed by atoms with Gasteiger partial charge < -0.3 is 25.2 Å². The first-order valence-electron chi connectivity index (χ1n) is 21.8. The number of phosphoric acid groups is 1. The van der Waals surface area contributed by atoms with E-state index < -0.39 is 51.1 Å². The summed E-state index contributed by atoms with van der Waals surface area (Å²) in [6.07, 6.45) is 45.8. The first-order valence-corrected chi connectivity index (χ1v) is 23.3. The molecule has 0 heterocycles. The van der Waals surface area contributed by atoms with Crippen LogP contribution in [-0.4, -0.2) is 59.9 Å². The minimum absolute atomic E-state index is 0.0820. The lowest BCUT2D eigenvalue weighted by molar-refractivity contribution is -0.161. The quantitative estimate of drug-likeness (QED) is 0.0232. The van der Waals surface area contributed by atoms with Crippen LogP contribution in [0.3, 0.4) is 0 Å². The number of carboxylic acid groups (broad SMARTS) is 1. The number of carboxylic acids is 1. The summed E-state index contributed by atoms with van der Waals surface area (Å²) in [4.78, 5) is 45.9. The van der Waals surface area contributed by atoms with Crippen LogP contribution < -0.4 is 5.73 Å². The van der Waals surface area contributed by atoms with E-state index in [2.05, 4.69) is 67.0 Å². The van der Waals surface area contributed by atoms with E-state index in [1.165, 1.54) is 77.0 Å². The second kappa shape index (κ2) is 40.0. The zero-order valence-corrected chi connectivity index (χ0v) is 36.3. The van der Waals surface area contributed by atoms with Crippen molar-refractivity contribution in [2.24, 2.45) is 5.73 Å². The van der Waals surface area contributed by atoms with Crippen LogP contribution in [0, 0.1) is 0 Å². The van der Waals surface area contributed by atoms with Gasteiger partial charge in [-0.05, 0) is 51.4 Å². The molecule has 11 nitrogen and oxygen atoms in total. The third-order valence-electron chi connectivity index (χ3n) is 9.03. The molecule has 1 unspecified atom stereocenters. The summed E-state index contributed by atoms with van der Waals surface area (Å²) in [6, 6.07) is -1.53. The number of carbonyl (C=O) groups is 3. The van der Waals surface area contributed by atoms with Gasteiger partial charge in [0.25, 0.3) is 0 Å². The van der Waals surface area contributed by atoms with E-state index in [1.54, 1.807) is 0 Å². The van der Waals surface area contributed by atoms with E-state index >= 15 is 0 Å². The van der Waals surface area contributed by atoms with Crippen LogP contribution >= 0.6 is 7.82 Å². The van der Waals surface area contributed by atoms with Gasteiger partial charge in [-0.1, -0.05) is 171 Å². The van der Waals surface area contributed by atoms with E-state index in [-0.39, 0.29) is 19.4 Å². The Morgan fingerprint density at radius 1 is 0.561 bits per heavy atom. The normalized spacial score (nSPS) is 14.3. The first kappa shape index (κ1) is 54.2. The molecule has 0 spiro atoms. The summed E-state index contributed by atoms with van der Waals surface area (Å²) >= 11 is 0. The van der Waals surface area contributed by atoms with Crippen molar-refractivity contribution in [3.63, 3.8) is 0 Å². The van der Waals surface area contributed by atoms with Crippen LogP contribution in [0.25, 0.3) is 0 Å². The van der Waals surface area contributed by atoms with E-state index in [0.717, 1.165) is 51.4 Å². The Bertz CT molecular complexity index is 1200. The van der Waals surface area contributed by atoms with E-state index in [4.69, 9.17) is 24.8 Å². The van der Waals surface area contributed by atoms with Gasteiger partial charge in [0.05, 0.1) is 13.2 Å². The molecule has 0 rings (SSSR count). The number of phosphoric ester groups is 1. The number of rotatable bonds is 40. The van der Waals surface area contributed by atoms with Gasteiger partial charge in [0.15, 0.2) is 6.10 Å². The van der Waals surface area contributed by atoms with Crippen LogP contribution in [0.4, 0.5) is 0 Å². The Kier molecular flexibility index (Phi) is 38.0. The van der Waals surface area contributed by atoms with Gasteiger partial charge in [0.2, 0.25) is 0 Å². The molecule has 0 aromatic heterocycles. The highest BCUT2D eigenvalue weighted by Crippen LogP contribution is 2.43. The topological polar surface area (TPSA) is 172 Å². The van der Waals surface area contributed by atoms with Crippen molar-refractivity contribution in [1.29, 1.82) is 0 Å². The van der Waals surface area contributed by atoms with Crippen LogP contribution in [0.5, 0.6) is 0 Å². The highest BCUT2D eigenvalue weighted by atomic mass is 31.2. The predicted molar refractivity (Wildman–Crippen MR) is 231 cm³/mol. The Hall–Kier alpha value is -2.82. The van der Waals surface area contributed by atoms with Crippen LogP contribution in [0.15, 0.2) is 60.8 Å². The maximum atomic E-state index is 12.6. The number of hydrogen-bond donors (Lipinski definition) is 3. The number of unbranched alkanes of at least 4 members (excludes halogenated alkanes) is 16. The standard InChI is InChI=1S/C45H78NO10P/c1-3-5-7-9-11-13-15-17-19-21-23-25-27-29-31-33-35-37-44(48)56-41(39-54-57(51,52)55-40-42(46)45(49)50)38-53-43(47)36-34-32-30-28-26-24-22-20-18-16-14-12-10-8-6-4-2/h5,7,11,13,17,19,23,25,29,31,41-42H,3-4,6,8-10,12,14-16,18,20-22,24,26-28,30,32-40,46H2,1-2H3,(H,49,50)(H,51,52)/b7-5-,13-11-,19-17-,25-23-,31-29-/t41-,42+/m1/s1. The fourth-order valence-corrected chi connectivity index (χ4v) is 6.41. The molecule has 0 aliphatic heterocycles. The van der Waals surface area contributed by atoms with E-state index in [0.29, 0.717) is 19.3 Å². The molecule has 0 radical (unpaired) electrons. The lowest BCUT2D eigenvalue weighted by Gasteiger charge is -2.20. The van der Waals surface area contributed by atoms with Crippen molar-refractivity contribution < 1.29 is 47.5 Å². The van der Waals surface area contributed by atoms with E-state index in [1.807, 2.05) is 12.2 Å². The fraction of sp³-hybridized carbons (Fsp3) is 0.711. The molecule has 0 amide bonds. The lowest BCUT2D eigenvalue weighted by Crippen LogP contribution is -2.34. The molecule has 4 N–H and O–H groups in total. The molecule has 0 aromatic rings. The van der Waals surface area contributed by atoms with Gasteiger partial charge in [0.1, 0.15) is 12.6 Å². The Morgan fingerprint density at radius 3 is 1.46 bits per heavy atom. The summed E-state index contributed by atoms with van der Waals surface area (Å²) in [5.41, 5.74) is 5.33. The number of esters is 2. The number of carbonyl (C=O) groups excluding carboxylic acids is 2. The van der Waals surface area contributed by atoms with Crippen LogP contribution in [0.1, 0.15) is 174 Å². The van der Waals surface area contributed by atoms with Crippen LogP contribution in [-0.2, 0) is 37.5 Å². The molecule has 3 atom stereocenters. The summed E-state index contributed by atoms with van der Waals surface area (Å²) in [5.74, 6) is -2.45. The molecule has 0 aliphatic carbocycles. The number of ether oxygens (including phenoxy) is 2. The maximum absolute atomic E-state index is 12.6. The number of nitrogens with two attached hydrogens (primary N) is 1. The molecule has 0 aliphatic rings. The molecule has 0 bridgehead atoms. The van der Waals surface area contributed by atoms with Crippen molar-refractivity contribution >= 4 is 25.7 Å². The first-order chi connectivity index (χ1) is 27.6. The summed E-state index contributed by atoms with van der Waals surface area (Å²) < 4.78 is 32.6.